The number of aliphatic carboxylic acids is 1. The predicted molar refractivity (Wildman–Crippen MR) is 119 cm³/mol. The molecule has 1 atom stereocenters. The molecule has 2 bridgehead atoms. The number of carboxylic acid groups (broad SMARTS) is 1. The summed E-state index contributed by atoms with van der Waals surface area (Å²) in [5.74, 6) is -1.24. The largest absolute Gasteiger partial charge is 0.479 e. The fraction of sp³-hybridized carbons (Fsp3) is 0.400. The molecule has 1 unspecified atom stereocenters. The smallest absolute Gasteiger partial charge is 0.407 e. The molecule has 2 aliphatic carbocycles. The van der Waals surface area contributed by atoms with E-state index in [0.717, 1.165) is 22.3 Å². The lowest BCUT2D eigenvalue weighted by Gasteiger charge is -2.38. The van der Waals surface area contributed by atoms with Gasteiger partial charge < -0.3 is 24.8 Å². The normalized spacial score (nSPS) is 23.3. The molecule has 1 saturated carbocycles. The Morgan fingerprint density at radius 2 is 1.70 bits per heavy atom. The maximum Gasteiger partial charge on any atom is 0.407 e. The van der Waals surface area contributed by atoms with Crippen LogP contribution in [0.25, 0.3) is 11.1 Å². The Balaban J connectivity index is 1.19. The first kappa shape index (κ1) is 21.5. The number of amides is 2. The van der Waals surface area contributed by atoms with Crippen molar-refractivity contribution in [1.82, 2.24) is 10.2 Å². The number of methoxy groups -OCH3 is 1. The number of hydrogen-bond donors (Lipinski definition) is 2. The Hall–Kier alpha value is -3.39. The van der Waals surface area contributed by atoms with E-state index in [4.69, 9.17) is 9.47 Å². The molecule has 172 valence electrons. The molecule has 3 fully saturated rings. The summed E-state index contributed by atoms with van der Waals surface area (Å²) < 4.78 is 10.8. The van der Waals surface area contributed by atoms with E-state index in [2.05, 4.69) is 17.4 Å². The van der Waals surface area contributed by atoms with Gasteiger partial charge in [0, 0.05) is 19.6 Å². The first-order valence-corrected chi connectivity index (χ1v) is 11.1. The standard InChI is InChI=1S/C25H26N2O6/c1-32-21(22(28)27-13-15-10-25(27,11-15)23(29)30)12-26-24(31)33-14-20-18-8-4-2-6-16(18)17-7-3-5-9-19(17)20/h2-9,15,20-21H,10-14H2,1H3,(H,26,31)(H,29,30). The fourth-order valence-corrected chi connectivity index (χ4v) is 5.54. The van der Waals surface area contributed by atoms with Crippen molar-refractivity contribution in [1.29, 1.82) is 0 Å². The van der Waals surface area contributed by atoms with Crippen molar-refractivity contribution in [3.8, 4) is 11.1 Å². The Kier molecular flexibility index (Phi) is 5.32. The quantitative estimate of drug-likeness (QED) is 0.672. The van der Waals surface area contributed by atoms with E-state index >= 15 is 0 Å². The number of nitrogens with one attached hydrogen (secondary N) is 1. The number of hydrogen-bond acceptors (Lipinski definition) is 5. The highest BCUT2D eigenvalue weighted by molar-refractivity contribution is 5.91. The van der Waals surface area contributed by atoms with Crippen LogP contribution in [0.2, 0.25) is 0 Å². The lowest BCUT2D eigenvalue weighted by atomic mass is 9.73. The molecule has 8 heteroatoms. The van der Waals surface area contributed by atoms with Crippen LogP contribution in [0.15, 0.2) is 48.5 Å². The summed E-state index contributed by atoms with van der Waals surface area (Å²) >= 11 is 0. The van der Waals surface area contributed by atoms with Gasteiger partial charge in [0.15, 0.2) is 6.10 Å². The van der Waals surface area contributed by atoms with E-state index in [0.29, 0.717) is 19.4 Å². The summed E-state index contributed by atoms with van der Waals surface area (Å²) in [7, 11) is 1.37. The number of benzene rings is 2. The summed E-state index contributed by atoms with van der Waals surface area (Å²) in [6, 6.07) is 16.1. The molecule has 2 aliphatic heterocycles. The van der Waals surface area contributed by atoms with Gasteiger partial charge in [0.1, 0.15) is 12.1 Å². The molecule has 2 saturated heterocycles. The average molecular weight is 450 g/mol. The van der Waals surface area contributed by atoms with Crippen molar-refractivity contribution >= 4 is 18.0 Å². The van der Waals surface area contributed by atoms with Crippen molar-refractivity contribution in [2.45, 2.75) is 30.4 Å². The number of fused-ring (bicyclic) bond motifs is 4. The summed E-state index contributed by atoms with van der Waals surface area (Å²) in [5, 5.41) is 12.2. The second-order valence-corrected chi connectivity index (χ2v) is 8.99. The third-order valence-corrected chi connectivity index (χ3v) is 7.21. The van der Waals surface area contributed by atoms with Gasteiger partial charge in [-0.2, -0.15) is 0 Å². The van der Waals surface area contributed by atoms with Crippen molar-refractivity contribution in [2.75, 3.05) is 26.8 Å². The third-order valence-electron chi connectivity index (χ3n) is 7.21. The van der Waals surface area contributed by atoms with Gasteiger partial charge >= 0.3 is 12.1 Å². The lowest BCUT2D eigenvalue weighted by molar-refractivity contribution is -0.162. The molecule has 2 amide bonds. The topological polar surface area (TPSA) is 105 Å². The van der Waals surface area contributed by atoms with Gasteiger partial charge in [0.2, 0.25) is 0 Å². The molecule has 2 aromatic rings. The minimum absolute atomic E-state index is 0.0603. The Morgan fingerprint density at radius 3 is 2.27 bits per heavy atom. The second kappa shape index (κ2) is 8.19. The molecule has 8 nitrogen and oxygen atoms in total. The van der Waals surface area contributed by atoms with Gasteiger partial charge in [-0.25, -0.2) is 9.59 Å². The Morgan fingerprint density at radius 1 is 1.09 bits per heavy atom. The maximum absolute atomic E-state index is 12.9. The molecule has 2 aromatic carbocycles. The Labute approximate surface area is 191 Å². The van der Waals surface area contributed by atoms with Crippen molar-refractivity contribution in [3.05, 3.63) is 59.7 Å². The predicted octanol–water partition coefficient (Wildman–Crippen LogP) is 2.62. The molecule has 2 N–H and O–H groups in total. The van der Waals surface area contributed by atoms with Crippen LogP contribution in [-0.4, -0.2) is 66.4 Å². The van der Waals surface area contributed by atoms with Gasteiger partial charge in [0.05, 0.1) is 6.54 Å². The number of carboxylic acids is 1. The molecule has 6 rings (SSSR count). The van der Waals surface area contributed by atoms with E-state index in [1.165, 1.54) is 12.0 Å². The Bertz CT molecular complexity index is 1060. The van der Waals surface area contributed by atoms with Crippen molar-refractivity contribution < 1.29 is 29.0 Å². The fourth-order valence-electron chi connectivity index (χ4n) is 5.54. The molecular weight excluding hydrogens is 424 g/mol. The molecule has 4 aliphatic rings. The first-order chi connectivity index (χ1) is 15.9. The van der Waals surface area contributed by atoms with Crippen LogP contribution in [0.4, 0.5) is 4.79 Å². The van der Waals surface area contributed by atoms with Gasteiger partial charge in [0.25, 0.3) is 5.91 Å². The van der Waals surface area contributed by atoms with Crippen molar-refractivity contribution in [2.24, 2.45) is 5.92 Å². The molecule has 0 spiro atoms. The number of nitrogens with zero attached hydrogens (tertiary/aromatic N) is 1. The molecule has 33 heavy (non-hydrogen) atoms. The number of carbonyl (C=O) groups is 3. The van der Waals surface area contributed by atoms with Crippen LogP contribution >= 0.6 is 0 Å². The van der Waals surface area contributed by atoms with Crippen LogP contribution in [0.5, 0.6) is 0 Å². The van der Waals surface area contributed by atoms with E-state index in [-0.39, 0.29) is 25.0 Å². The SMILES string of the molecule is COC(CNC(=O)OCC1c2ccccc2-c2ccccc21)C(=O)N1CC2CC1(C(=O)O)C2. The monoisotopic (exact) mass is 450 g/mol. The summed E-state index contributed by atoms with van der Waals surface area (Å²) in [6.45, 7) is 0.486. The third kappa shape index (κ3) is 3.45. The minimum atomic E-state index is -1.12. The van der Waals surface area contributed by atoms with Crippen LogP contribution in [-0.2, 0) is 19.1 Å². The molecular formula is C25H26N2O6. The number of carbonyl (C=O) groups excluding carboxylic acids is 2. The summed E-state index contributed by atoms with van der Waals surface area (Å²) in [4.78, 5) is 38.5. The van der Waals surface area contributed by atoms with Gasteiger partial charge in [-0.05, 0) is 41.0 Å². The number of ether oxygens (including phenoxy) is 2. The number of alkyl carbamates (subject to hydrolysis) is 1. The minimum Gasteiger partial charge on any atom is -0.479 e. The van der Waals surface area contributed by atoms with Crippen LogP contribution < -0.4 is 5.32 Å². The highest BCUT2D eigenvalue weighted by Gasteiger charge is 2.63. The molecule has 0 radical (unpaired) electrons. The van der Waals surface area contributed by atoms with Crippen LogP contribution in [0.1, 0.15) is 29.9 Å². The van der Waals surface area contributed by atoms with Crippen LogP contribution in [0, 0.1) is 5.92 Å². The van der Waals surface area contributed by atoms with Gasteiger partial charge in [-0.1, -0.05) is 48.5 Å². The van der Waals surface area contributed by atoms with Gasteiger partial charge in [-0.3, -0.25) is 4.79 Å². The average Bonchev–Trinajstić information content (AvgIpc) is 3.46. The second-order valence-electron chi connectivity index (χ2n) is 8.99. The molecule has 0 aromatic heterocycles. The summed E-state index contributed by atoms with van der Waals surface area (Å²) in [5.41, 5.74) is 3.39. The number of rotatable bonds is 7. The highest BCUT2D eigenvalue weighted by atomic mass is 16.5. The zero-order valence-corrected chi connectivity index (χ0v) is 18.3. The van der Waals surface area contributed by atoms with Crippen molar-refractivity contribution in [3.63, 3.8) is 0 Å². The van der Waals surface area contributed by atoms with Gasteiger partial charge in [-0.15, -0.1) is 0 Å². The molecule has 2 heterocycles. The van der Waals surface area contributed by atoms with E-state index in [1.54, 1.807) is 0 Å². The van der Waals surface area contributed by atoms with E-state index in [9.17, 15) is 19.5 Å². The summed E-state index contributed by atoms with van der Waals surface area (Å²) in [6.07, 6.45) is -0.666. The highest BCUT2D eigenvalue weighted by Crippen LogP contribution is 2.51. The van der Waals surface area contributed by atoms with E-state index < -0.39 is 29.6 Å². The van der Waals surface area contributed by atoms with Crippen LogP contribution in [0.3, 0.4) is 0 Å². The maximum atomic E-state index is 12.9. The van der Waals surface area contributed by atoms with E-state index in [1.807, 2.05) is 36.4 Å². The zero-order valence-electron chi connectivity index (χ0n) is 18.3. The first-order valence-electron chi connectivity index (χ1n) is 11.1. The lowest BCUT2D eigenvalue weighted by Crippen LogP contribution is -2.57. The zero-order chi connectivity index (χ0) is 23.2.